The van der Waals surface area contributed by atoms with Gasteiger partial charge in [-0.3, -0.25) is 10.1 Å². The van der Waals surface area contributed by atoms with E-state index < -0.39 is 30.1 Å². The summed E-state index contributed by atoms with van der Waals surface area (Å²) >= 11 is 0. The molecule has 0 bridgehead atoms. The lowest BCUT2D eigenvalue weighted by molar-refractivity contribution is -0.163. The van der Waals surface area contributed by atoms with E-state index in [9.17, 15) is 14.4 Å². The van der Waals surface area contributed by atoms with Gasteiger partial charge in [0.1, 0.15) is 6.61 Å². The third-order valence-corrected chi connectivity index (χ3v) is 3.97. The molecule has 0 fully saturated rings. The molecular weight excluding hydrogens is 364 g/mol. The van der Waals surface area contributed by atoms with Gasteiger partial charge in [0.25, 0.3) is 5.91 Å². The number of urea groups is 1. The SMILES string of the molecule is C[C@H](OC(=O)[C@H]1COc2ccccc2O1)C(=O)NC(=O)NCc1ccccc1. The van der Waals surface area contributed by atoms with Gasteiger partial charge in [0.05, 0.1) is 0 Å². The third kappa shape index (κ3) is 5.00. The molecule has 2 aromatic carbocycles. The van der Waals surface area contributed by atoms with Crippen LogP contribution in [0, 0.1) is 0 Å². The highest BCUT2D eigenvalue weighted by Crippen LogP contribution is 2.31. The number of nitrogens with one attached hydrogen (secondary N) is 2. The highest BCUT2D eigenvalue weighted by atomic mass is 16.6. The molecule has 0 aliphatic carbocycles. The molecule has 1 heterocycles. The quantitative estimate of drug-likeness (QED) is 0.762. The molecule has 3 rings (SSSR count). The molecule has 0 aromatic heterocycles. The molecule has 0 radical (unpaired) electrons. The molecule has 28 heavy (non-hydrogen) atoms. The van der Waals surface area contributed by atoms with Gasteiger partial charge in [-0.05, 0) is 24.6 Å². The van der Waals surface area contributed by atoms with Crippen molar-refractivity contribution in [1.29, 1.82) is 0 Å². The lowest BCUT2D eigenvalue weighted by atomic mass is 10.2. The first-order valence-electron chi connectivity index (χ1n) is 8.74. The van der Waals surface area contributed by atoms with Crippen LogP contribution in [0.1, 0.15) is 12.5 Å². The predicted molar refractivity (Wildman–Crippen MR) is 98.7 cm³/mol. The third-order valence-electron chi connectivity index (χ3n) is 3.97. The highest BCUT2D eigenvalue weighted by molar-refractivity contribution is 5.97. The summed E-state index contributed by atoms with van der Waals surface area (Å²) in [5.41, 5.74) is 0.888. The predicted octanol–water partition coefficient (Wildman–Crippen LogP) is 1.78. The van der Waals surface area contributed by atoms with E-state index in [4.69, 9.17) is 14.2 Å². The number of para-hydroxylation sites is 2. The fourth-order valence-corrected chi connectivity index (χ4v) is 2.48. The second-order valence-electron chi connectivity index (χ2n) is 6.10. The van der Waals surface area contributed by atoms with Crippen LogP contribution < -0.4 is 20.1 Å². The van der Waals surface area contributed by atoms with E-state index in [2.05, 4.69) is 10.6 Å². The molecule has 8 nitrogen and oxygen atoms in total. The van der Waals surface area contributed by atoms with Gasteiger partial charge in [-0.15, -0.1) is 0 Å². The molecule has 146 valence electrons. The summed E-state index contributed by atoms with van der Waals surface area (Å²) in [4.78, 5) is 36.1. The normalized spacial score (nSPS) is 15.8. The largest absolute Gasteiger partial charge is 0.485 e. The first-order chi connectivity index (χ1) is 13.5. The summed E-state index contributed by atoms with van der Waals surface area (Å²) in [6.07, 6.45) is -2.16. The lowest BCUT2D eigenvalue weighted by Gasteiger charge is -2.25. The van der Waals surface area contributed by atoms with Crippen molar-refractivity contribution < 1.29 is 28.6 Å². The minimum atomic E-state index is -1.17. The molecular formula is C20H20N2O6. The molecule has 2 atom stereocenters. The average molecular weight is 384 g/mol. The van der Waals surface area contributed by atoms with Crippen LogP contribution >= 0.6 is 0 Å². The number of carbonyl (C=O) groups excluding carboxylic acids is 3. The van der Waals surface area contributed by atoms with E-state index in [1.54, 1.807) is 24.3 Å². The second kappa shape index (κ2) is 8.90. The molecule has 2 N–H and O–H groups in total. The number of fused-ring (bicyclic) bond motifs is 1. The van der Waals surface area contributed by atoms with Crippen molar-refractivity contribution in [3.63, 3.8) is 0 Å². The maximum atomic E-state index is 12.2. The summed E-state index contributed by atoms with van der Waals surface area (Å²) in [6.45, 7) is 1.61. The van der Waals surface area contributed by atoms with Crippen LogP contribution in [0.15, 0.2) is 54.6 Å². The van der Waals surface area contributed by atoms with Crippen LogP contribution in [-0.2, 0) is 20.9 Å². The number of hydrogen-bond donors (Lipinski definition) is 2. The Bertz CT molecular complexity index is 855. The van der Waals surface area contributed by atoms with Crippen molar-refractivity contribution in [3.8, 4) is 11.5 Å². The Balaban J connectivity index is 1.44. The van der Waals surface area contributed by atoms with Crippen molar-refractivity contribution in [2.45, 2.75) is 25.7 Å². The van der Waals surface area contributed by atoms with E-state index in [0.717, 1.165) is 5.56 Å². The van der Waals surface area contributed by atoms with Gasteiger partial charge in [-0.2, -0.15) is 0 Å². The first-order valence-corrected chi connectivity index (χ1v) is 8.74. The number of ether oxygens (including phenoxy) is 3. The Kier molecular flexibility index (Phi) is 6.11. The number of carbonyl (C=O) groups is 3. The van der Waals surface area contributed by atoms with E-state index in [1.165, 1.54) is 6.92 Å². The van der Waals surface area contributed by atoms with Crippen molar-refractivity contribution >= 4 is 17.9 Å². The minimum Gasteiger partial charge on any atom is -0.485 e. The Labute approximate surface area is 161 Å². The van der Waals surface area contributed by atoms with Crippen LogP contribution in [-0.4, -0.2) is 36.7 Å². The van der Waals surface area contributed by atoms with Gasteiger partial charge in [0, 0.05) is 6.54 Å². The van der Waals surface area contributed by atoms with Crippen molar-refractivity contribution in [2.24, 2.45) is 0 Å². The van der Waals surface area contributed by atoms with Crippen LogP contribution in [0.5, 0.6) is 11.5 Å². The highest BCUT2D eigenvalue weighted by Gasteiger charge is 2.31. The zero-order valence-electron chi connectivity index (χ0n) is 15.2. The van der Waals surface area contributed by atoms with E-state index in [0.29, 0.717) is 11.5 Å². The lowest BCUT2D eigenvalue weighted by Crippen LogP contribution is -2.46. The molecule has 1 aliphatic heterocycles. The van der Waals surface area contributed by atoms with E-state index >= 15 is 0 Å². The summed E-state index contributed by atoms with van der Waals surface area (Å²) in [5.74, 6) is -0.529. The first kappa shape index (κ1) is 19.2. The minimum absolute atomic E-state index is 0.0260. The van der Waals surface area contributed by atoms with Crippen molar-refractivity contribution in [2.75, 3.05) is 6.61 Å². The van der Waals surface area contributed by atoms with Gasteiger partial charge in [0.2, 0.25) is 6.10 Å². The standard InChI is InChI=1S/C20H20N2O6/c1-13(18(23)22-20(25)21-11-14-7-3-2-4-8-14)27-19(24)17-12-26-15-9-5-6-10-16(15)28-17/h2-10,13,17H,11-12H2,1H3,(H2,21,22,23,25)/t13-,17+/m0/s1. The molecule has 0 saturated heterocycles. The number of imide groups is 1. The van der Waals surface area contributed by atoms with Gasteiger partial charge < -0.3 is 19.5 Å². The Morgan fingerprint density at radius 2 is 1.75 bits per heavy atom. The maximum Gasteiger partial charge on any atom is 0.351 e. The second-order valence-corrected chi connectivity index (χ2v) is 6.10. The molecule has 0 unspecified atom stereocenters. The van der Waals surface area contributed by atoms with Crippen LogP contribution in [0.25, 0.3) is 0 Å². The topological polar surface area (TPSA) is 103 Å². The molecule has 0 spiro atoms. The number of hydrogen-bond acceptors (Lipinski definition) is 6. The summed E-state index contributed by atoms with van der Waals surface area (Å²) in [5, 5.41) is 4.69. The zero-order valence-corrected chi connectivity index (χ0v) is 15.2. The summed E-state index contributed by atoms with van der Waals surface area (Å²) < 4.78 is 16.1. The summed E-state index contributed by atoms with van der Waals surface area (Å²) in [6, 6.07) is 15.5. The zero-order chi connectivity index (χ0) is 19.9. The van der Waals surface area contributed by atoms with Crippen molar-refractivity contribution in [1.82, 2.24) is 10.6 Å². The number of rotatable bonds is 5. The van der Waals surface area contributed by atoms with Crippen LogP contribution in [0.3, 0.4) is 0 Å². The molecule has 3 amide bonds. The van der Waals surface area contributed by atoms with Gasteiger partial charge in [-0.1, -0.05) is 42.5 Å². The Morgan fingerprint density at radius 3 is 2.50 bits per heavy atom. The molecule has 1 aliphatic rings. The Hall–Kier alpha value is -3.55. The van der Waals surface area contributed by atoms with Crippen molar-refractivity contribution in [3.05, 3.63) is 60.2 Å². The van der Waals surface area contributed by atoms with E-state index in [1.807, 2.05) is 30.3 Å². The number of amides is 3. The van der Waals surface area contributed by atoms with Gasteiger partial charge in [-0.25, -0.2) is 9.59 Å². The van der Waals surface area contributed by atoms with E-state index in [-0.39, 0.29) is 13.2 Å². The van der Waals surface area contributed by atoms with Crippen LogP contribution in [0.4, 0.5) is 4.79 Å². The summed E-state index contributed by atoms with van der Waals surface area (Å²) in [7, 11) is 0. The molecule has 8 heteroatoms. The fourth-order valence-electron chi connectivity index (χ4n) is 2.48. The molecule has 2 aromatic rings. The smallest absolute Gasteiger partial charge is 0.351 e. The maximum absolute atomic E-state index is 12.2. The van der Waals surface area contributed by atoms with Gasteiger partial charge >= 0.3 is 12.0 Å². The van der Waals surface area contributed by atoms with Gasteiger partial charge in [0.15, 0.2) is 17.6 Å². The monoisotopic (exact) mass is 384 g/mol. The molecule has 0 saturated carbocycles. The average Bonchev–Trinajstić information content (AvgIpc) is 2.72. The Morgan fingerprint density at radius 1 is 1.07 bits per heavy atom. The number of esters is 1. The van der Waals surface area contributed by atoms with Crippen LogP contribution in [0.2, 0.25) is 0 Å². The fraction of sp³-hybridized carbons (Fsp3) is 0.250. The number of benzene rings is 2.